The van der Waals surface area contributed by atoms with E-state index < -0.39 is 7.92 Å². The Balaban J connectivity index is 2.46. The van der Waals surface area contributed by atoms with E-state index in [1.54, 1.807) is 0 Å². The highest BCUT2D eigenvalue weighted by molar-refractivity contribution is 7.88. The van der Waals surface area contributed by atoms with Gasteiger partial charge in [0.25, 0.3) is 0 Å². The van der Waals surface area contributed by atoms with Crippen LogP contribution in [0.3, 0.4) is 0 Å². The Kier molecular flexibility index (Phi) is 5.06. The van der Waals surface area contributed by atoms with Gasteiger partial charge in [0, 0.05) is 19.6 Å². The molecule has 0 N–H and O–H groups in total. The van der Waals surface area contributed by atoms with E-state index >= 15 is 0 Å². The zero-order valence-corrected chi connectivity index (χ0v) is 12.2. The smallest absolute Gasteiger partial charge is 0.0467 e. The minimum absolute atomic E-state index is 0.525. The summed E-state index contributed by atoms with van der Waals surface area (Å²) in [6, 6.07) is 21.2. The van der Waals surface area contributed by atoms with Crippen LogP contribution in [-0.2, 0) is 0 Å². The Bertz CT molecular complexity index is 519. The molecule has 2 aromatic rings. The SMILES string of the molecule is C/C=C\N=C(C)P(c1ccccc1)c1ccccc1. The van der Waals surface area contributed by atoms with Crippen LogP contribution in [0.15, 0.2) is 77.9 Å². The molecule has 2 aromatic carbocycles. The number of rotatable bonds is 4. The molecule has 0 spiro atoms. The summed E-state index contributed by atoms with van der Waals surface area (Å²) in [7, 11) is -0.525. The second kappa shape index (κ2) is 7.01. The molecule has 0 aromatic heterocycles. The first-order chi connectivity index (χ1) is 9.33. The van der Waals surface area contributed by atoms with E-state index in [4.69, 9.17) is 0 Å². The normalized spacial score (nSPS) is 12.3. The average Bonchev–Trinajstić information content (AvgIpc) is 2.47. The van der Waals surface area contributed by atoms with E-state index in [-0.39, 0.29) is 0 Å². The average molecular weight is 267 g/mol. The summed E-state index contributed by atoms with van der Waals surface area (Å²) in [6.45, 7) is 4.11. The van der Waals surface area contributed by atoms with Crippen molar-refractivity contribution in [3.05, 3.63) is 72.9 Å². The first-order valence-electron chi connectivity index (χ1n) is 6.38. The summed E-state index contributed by atoms with van der Waals surface area (Å²) >= 11 is 0. The van der Waals surface area contributed by atoms with Crippen molar-refractivity contribution in [1.29, 1.82) is 0 Å². The van der Waals surface area contributed by atoms with Crippen molar-refractivity contribution < 1.29 is 0 Å². The van der Waals surface area contributed by atoms with E-state index in [1.807, 2.05) is 19.2 Å². The van der Waals surface area contributed by atoms with Crippen molar-refractivity contribution in [3.63, 3.8) is 0 Å². The quantitative estimate of drug-likeness (QED) is 0.585. The van der Waals surface area contributed by atoms with E-state index in [1.165, 1.54) is 16.1 Å². The van der Waals surface area contributed by atoms with Crippen LogP contribution in [-0.4, -0.2) is 5.45 Å². The maximum absolute atomic E-state index is 4.56. The fraction of sp³-hybridized carbons (Fsp3) is 0.118. The molecule has 0 aliphatic carbocycles. The largest absolute Gasteiger partial charge is 0.261 e. The third-order valence-corrected chi connectivity index (χ3v) is 5.15. The Labute approximate surface area is 116 Å². The van der Waals surface area contributed by atoms with Crippen molar-refractivity contribution in [1.82, 2.24) is 0 Å². The van der Waals surface area contributed by atoms with Crippen molar-refractivity contribution in [2.24, 2.45) is 4.99 Å². The molecule has 0 radical (unpaired) electrons. The second-order valence-electron chi connectivity index (χ2n) is 4.17. The van der Waals surface area contributed by atoms with Crippen LogP contribution in [0.25, 0.3) is 0 Å². The van der Waals surface area contributed by atoms with Gasteiger partial charge in [-0.3, -0.25) is 4.99 Å². The van der Waals surface area contributed by atoms with E-state index in [9.17, 15) is 0 Å². The van der Waals surface area contributed by atoms with Gasteiger partial charge in [0.2, 0.25) is 0 Å². The molecule has 0 aliphatic heterocycles. The van der Waals surface area contributed by atoms with Crippen LogP contribution in [0.4, 0.5) is 0 Å². The third kappa shape index (κ3) is 3.62. The van der Waals surface area contributed by atoms with Gasteiger partial charge in [-0.25, -0.2) is 0 Å². The van der Waals surface area contributed by atoms with Gasteiger partial charge < -0.3 is 0 Å². The Hall–Kier alpha value is -1.72. The molecule has 0 heterocycles. The maximum Gasteiger partial charge on any atom is 0.0467 e. The zero-order chi connectivity index (χ0) is 13.5. The summed E-state index contributed by atoms with van der Waals surface area (Å²) < 4.78 is 0. The van der Waals surface area contributed by atoms with Crippen LogP contribution in [0.1, 0.15) is 13.8 Å². The predicted molar refractivity (Wildman–Crippen MR) is 87.0 cm³/mol. The van der Waals surface area contributed by atoms with Crippen molar-refractivity contribution in [3.8, 4) is 0 Å². The number of hydrogen-bond acceptors (Lipinski definition) is 1. The van der Waals surface area contributed by atoms with Gasteiger partial charge in [0.15, 0.2) is 0 Å². The first-order valence-corrected chi connectivity index (χ1v) is 7.73. The predicted octanol–water partition coefficient (Wildman–Crippen LogP) is 4.07. The van der Waals surface area contributed by atoms with Gasteiger partial charge in [-0.2, -0.15) is 0 Å². The van der Waals surface area contributed by atoms with Gasteiger partial charge in [-0.1, -0.05) is 66.7 Å². The monoisotopic (exact) mass is 267 g/mol. The molecule has 0 fully saturated rings. The molecule has 2 heteroatoms. The van der Waals surface area contributed by atoms with Gasteiger partial charge in [0.1, 0.15) is 0 Å². The number of allylic oxidation sites excluding steroid dienone is 1. The highest BCUT2D eigenvalue weighted by Gasteiger charge is 2.15. The molecule has 0 unspecified atom stereocenters. The van der Waals surface area contributed by atoms with Crippen LogP contribution in [0, 0.1) is 0 Å². The van der Waals surface area contributed by atoms with Crippen LogP contribution in [0.5, 0.6) is 0 Å². The molecular formula is C17H18NP. The molecular weight excluding hydrogens is 249 g/mol. The lowest BCUT2D eigenvalue weighted by molar-refractivity contribution is 1.52. The number of nitrogens with zero attached hydrogens (tertiary/aromatic N) is 1. The molecule has 0 bridgehead atoms. The third-order valence-electron chi connectivity index (χ3n) is 2.76. The van der Waals surface area contributed by atoms with Gasteiger partial charge in [-0.05, 0) is 24.5 Å². The lowest BCUT2D eigenvalue weighted by Gasteiger charge is -2.18. The maximum atomic E-state index is 4.56. The Morgan fingerprint density at radius 3 is 1.79 bits per heavy atom. The van der Waals surface area contributed by atoms with Crippen molar-refractivity contribution in [2.45, 2.75) is 13.8 Å². The highest BCUT2D eigenvalue weighted by Crippen LogP contribution is 2.35. The Morgan fingerprint density at radius 2 is 1.37 bits per heavy atom. The van der Waals surface area contributed by atoms with Gasteiger partial charge in [0.05, 0.1) is 0 Å². The molecule has 1 nitrogen and oxygen atoms in total. The molecule has 0 saturated heterocycles. The summed E-state index contributed by atoms with van der Waals surface area (Å²) in [5.41, 5.74) is 1.17. The van der Waals surface area contributed by atoms with E-state index in [2.05, 4.69) is 72.6 Å². The summed E-state index contributed by atoms with van der Waals surface area (Å²) in [5.74, 6) is 0. The molecule has 0 aliphatic rings. The van der Waals surface area contributed by atoms with E-state index in [0.29, 0.717) is 0 Å². The second-order valence-corrected chi connectivity index (χ2v) is 6.52. The molecule has 0 amide bonds. The van der Waals surface area contributed by atoms with Crippen LogP contribution >= 0.6 is 7.92 Å². The number of aliphatic imine (C=N–C) groups is 1. The fourth-order valence-corrected chi connectivity index (χ4v) is 4.09. The standard InChI is InChI=1S/C17H18NP/c1-3-14-18-15(2)19(16-10-6-4-7-11-16)17-12-8-5-9-13-17/h3-14H,1-2H3/b14-3-,18-15?. The molecule has 96 valence electrons. The molecule has 2 rings (SSSR count). The van der Waals surface area contributed by atoms with E-state index in [0.717, 1.165) is 0 Å². The van der Waals surface area contributed by atoms with Gasteiger partial charge in [-0.15, -0.1) is 0 Å². The molecule has 0 saturated carbocycles. The fourth-order valence-electron chi connectivity index (χ4n) is 1.92. The lowest BCUT2D eigenvalue weighted by Crippen LogP contribution is -2.16. The van der Waals surface area contributed by atoms with Crippen LogP contribution in [0.2, 0.25) is 0 Å². The van der Waals surface area contributed by atoms with Crippen LogP contribution < -0.4 is 10.6 Å². The minimum Gasteiger partial charge on any atom is -0.261 e. The number of benzene rings is 2. The lowest BCUT2D eigenvalue weighted by atomic mass is 10.4. The van der Waals surface area contributed by atoms with Crippen molar-refractivity contribution >= 4 is 24.0 Å². The minimum atomic E-state index is -0.525. The molecule has 0 atom stereocenters. The summed E-state index contributed by atoms with van der Waals surface area (Å²) in [4.78, 5) is 4.56. The highest BCUT2D eigenvalue weighted by atomic mass is 31.1. The summed E-state index contributed by atoms with van der Waals surface area (Å²) in [6.07, 6.45) is 3.84. The van der Waals surface area contributed by atoms with Crippen molar-refractivity contribution in [2.75, 3.05) is 0 Å². The summed E-state index contributed by atoms with van der Waals surface area (Å²) in [5, 5.41) is 2.68. The zero-order valence-electron chi connectivity index (χ0n) is 11.3. The topological polar surface area (TPSA) is 12.4 Å². The first kappa shape index (κ1) is 13.7. The number of hydrogen-bond donors (Lipinski definition) is 0. The Morgan fingerprint density at radius 1 is 0.895 bits per heavy atom. The van der Waals surface area contributed by atoms with Gasteiger partial charge >= 0.3 is 0 Å². The molecule has 19 heavy (non-hydrogen) atoms.